The number of aromatic carboxylic acids is 1. The standard InChI is InChI=1S/C22H12F4N2O3S/c23-18-15(2-1-3-16(18)22(24,25)26)17-10-32-21(27-17)28-19(29)13-6-4-12-9-14(20(30)31)7-5-11(12)8-13/h1-10H,(H,30,31)(H,27,28,29). The molecule has 0 saturated heterocycles. The number of alkyl halides is 3. The second kappa shape index (κ2) is 8.04. The third-order valence-corrected chi connectivity index (χ3v) is 5.41. The number of carbonyl (C=O) groups is 2. The highest BCUT2D eigenvalue weighted by Crippen LogP contribution is 2.36. The van der Waals surface area contributed by atoms with E-state index in [0.717, 1.165) is 17.4 Å². The van der Waals surface area contributed by atoms with Gasteiger partial charge in [-0.2, -0.15) is 13.2 Å². The fraction of sp³-hybridized carbons (Fsp3) is 0.0455. The molecule has 1 amide bonds. The number of carbonyl (C=O) groups excluding carboxylic acids is 1. The van der Waals surface area contributed by atoms with Gasteiger partial charge < -0.3 is 5.11 Å². The van der Waals surface area contributed by atoms with Crippen molar-refractivity contribution in [2.75, 3.05) is 5.32 Å². The molecule has 0 atom stereocenters. The van der Waals surface area contributed by atoms with Crippen LogP contribution in [0.15, 0.2) is 60.0 Å². The first-order chi connectivity index (χ1) is 15.1. The van der Waals surface area contributed by atoms with Gasteiger partial charge in [0.15, 0.2) is 5.13 Å². The Kier molecular flexibility index (Phi) is 5.39. The lowest BCUT2D eigenvalue weighted by Gasteiger charge is -2.09. The number of aromatic nitrogens is 1. The molecule has 1 heterocycles. The van der Waals surface area contributed by atoms with Gasteiger partial charge in [0.05, 0.1) is 16.8 Å². The quantitative estimate of drug-likeness (QED) is 0.362. The van der Waals surface area contributed by atoms with E-state index in [4.69, 9.17) is 5.11 Å². The first-order valence-corrected chi connectivity index (χ1v) is 9.91. The van der Waals surface area contributed by atoms with Gasteiger partial charge in [-0.05, 0) is 47.2 Å². The number of benzene rings is 3. The Labute approximate surface area is 182 Å². The molecule has 4 aromatic rings. The number of rotatable bonds is 4. The zero-order valence-electron chi connectivity index (χ0n) is 15.9. The van der Waals surface area contributed by atoms with E-state index >= 15 is 0 Å². The van der Waals surface area contributed by atoms with Crippen LogP contribution in [0.4, 0.5) is 22.7 Å². The summed E-state index contributed by atoms with van der Waals surface area (Å²) in [6, 6.07) is 12.1. The van der Waals surface area contributed by atoms with Gasteiger partial charge in [-0.3, -0.25) is 10.1 Å². The Hall–Kier alpha value is -3.79. The van der Waals surface area contributed by atoms with Crippen molar-refractivity contribution in [2.24, 2.45) is 0 Å². The number of thiazole rings is 1. The van der Waals surface area contributed by atoms with Crippen LogP contribution in [0.2, 0.25) is 0 Å². The zero-order valence-corrected chi connectivity index (χ0v) is 16.7. The number of fused-ring (bicyclic) bond motifs is 1. The van der Waals surface area contributed by atoms with Crippen molar-refractivity contribution in [2.45, 2.75) is 6.18 Å². The summed E-state index contributed by atoms with van der Waals surface area (Å²) in [7, 11) is 0. The number of anilines is 1. The second-order valence-corrected chi connectivity index (χ2v) is 7.60. The fourth-order valence-electron chi connectivity index (χ4n) is 3.09. The monoisotopic (exact) mass is 460 g/mol. The molecule has 0 bridgehead atoms. The summed E-state index contributed by atoms with van der Waals surface area (Å²) >= 11 is 0.942. The van der Waals surface area contributed by atoms with Gasteiger partial charge in [-0.25, -0.2) is 14.2 Å². The van der Waals surface area contributed by atoms with Gasteiger partial charge in [-0.1, -0.05) is 18.2 Å². The lowest BCUT2D eigenvalue weighted by molar-refractivity contribution is -0.139. The maximum absolute atomic E-state index is 14.3. The molecule has 0 spiro atoms. The minimum atomic E-state index is -4.84. The summed E-state index contributed by atoms with van der Waals surface area (Å²) in [6.45, 7) is 0. The lowest BCUT2D eigenvalue weighted by Crippen LogP contribution is -2.11. The maximum Gasteiger partial charge on any atom is 0.419 e. The van der Waals surface area contributed by atoms with E-state index in [0.29, 0.717) is 16.8 Å². The smallest absolute Gasteiger partial charge is 0.419 e. The molecular weight excluding hydrogens is 448 g/mol. The molecule has 0 fully saturated rings. The molecule has 10 heteroatoms. The van der Waals surface area contributed by atoms with E-state index in [2.05, 4.69) is 10.3 Å². The Balaban J connectivity index is 1.57. The van der Waals surface area contributed by atoms with Crippen molar-refractivity contribution in [1.29, 1.82) is 0 Å². The minimum absolute atomic E-state index is 0.0337. The Morgan fingerprint density at radius 3 is 2.28 bits per heavy atom. The summed E-state index contributed by atoms with van der Waals surface area (Å²) in [5, 5.41) is 14.3. The van der Waals surface area contributed by atoms with Crippen molar-refractivity contribution >= 4 is 39.1 Å². The van der Waals surface area contributed by atoms with Gasteiger partial charge in [0.1, 0.15) is 5.82 Å². The van der Waals surface area contributed by atoms with E-state index in [1.807, 2.05) is 0 Å². The number of hydrogen-bond donors (Lipinski definition) is 2. The van der Waals surface area contributed by atoms with Gasteiger partial charge in [0, 0.05) is 16.5 Å². The third kappa shape index (κ3) is 4.17. The predicted octanol–water partition coefficient (Wildman–Crippen LogP) is 6.07. The number of nitrogens with zero attached hydrogens (tertiary/aromatic N) is 1. The normalized spacial score (nSPS) is 11.5. The highest BCUT2D eigenvalue weighted by molar-refractivity contribution is 7.14. The molecule has 0 aliphatic rings. The summed E-state index contributed by atoms with van der Waals surface area (Å²) < 4.78 is 53.2. The topological polar surface area (TPSA) is 79.3 Å². The van der Waals surface area contributed by atoms with Crippen LogP contribution in [0.1, 0.15) is 26.3 Å². The Morgan fingerprint density at radius 1 is 0.969 bits per heavy atom. The number of amides is 1. The molecule has 4 rings (SSSR count). The van der Waals surface area contributed by atoms with Crippen LogP contribution < -0.4 is 5.32 Å². The van der Waals surface area contributed by atoms with Crippen molar-refractivity contribution in [3.63, 3.8) is 0 Å². The van der Waals surface area contributed by atoms with Crippen molar-refractivity contribution in [3.05, 3.63) is 82.5 Å². The van der Waals surface area contributed by atoms with Crippen molar-refractivity contribution in [1.82, 2.24) is 4.98 Å². The van der Waals surface area contributed by atoms with Crippen LogP contribution in [0.5, 0.6) is 0 Å². The highest BCUT2D eigenvalue weighted by atomic mass is 32.1. The van der Waals surface area contributed by atoms with E-state index in [1.165, 1.54) is 29.6 Å². The molecule has 5 nitrogen and oxygen atoms in total. The molecule has 0 saturated carbocycles. The molecule has 0 aliphatic carbocycles. The fourth-order valence-corrected chi connectivity index (χ4v) is 3.80. The van der Waals surface area contributed by atoms with Gasteiger partial charge in [0.2, 0.25) is 0 Å². The third-order valence-electron chi connectivity index (χ3n) is 4.65. The number of hydrogen-bond acceptors (Lipinski definition) is 4. The lowest BCUT2D eigenvalue weighted by atomic mass is 10.0. The van der Waals surface area contributed by atoms with Crippen molar-refractivity contribution < 1.29 is 32.3 Å². The van der Waals surface area contributed by atoms with Gasteiger partial charge in [0.25, 0.3) is 5.91 Å². The van der Waals surface area contributed by atoms with Crippen LogP contribution in [0.3, 0.4) is 0 Å². The molecule has 0 unspecified atom stereocenters. The van der Waals surface area contributed by atoms with Crippen LogP contribution in [0.25, 0.3) is 22.0 Å². The highest BCUT2D eigenvalue weighted by Gasteiger charge is 2.35. The number of halogens is 4. The molecule has 3 aromatic carbocycles. The first kappa shape index (κ1) is 21.4. The van der Waals surface area contributed by atoms with Crippen LogP contribution in [-0.4, -0.2) is 22.0 Å². The molecule has 2 N–H and O–H groups in total. The second-order valence-electron chi connectivity index (χ2n) is 6.74. The predicted molar refractivity (Wildman–Crippen MR) is 111 cm³/mol. The van der Waals surface area contributed by atoms with Crippen molar-refractivity contribution in [3.8, 4) is 11.3 Å². The molecule has 32 heavy (non-hydrogen) atoms. The Bertz CT molecular complexity index is 1370. The van der Waals surface area contributed by atoms with E-state index in [-0.39, 0.29) is 27.5 Å². The summed E-state index contributed by atoms with van der Waals surface area (Å²) in [5.74, 6) is -3.02. The van der Waals surface area contributed by atoms with E-state index < -0.39 is 29.4 Å². The summed E-state index contributed by atoms with van der Waals surface area (Å²) in [6.07, 6.45) is -4.84. The van der Waals surface area contributed by atoms with Crippen LogP contribution >= 0.6 is 11.3 Å². The number of carboxylic acid groups (broad SMARTS) is 1. The van der Waals surface area contributed by atoms with Gasteiger partial charge in [-0.15, -0.1) is 11.3 Å². The SMILES string of the molecule is O=C(O)c1ccc2cc(C(=O)Nc3nc(-c4cccc(C(F)(F)F)c4F)cs3)ccc2c1. The van der Waals surface area contributed by atoms with E-state index in [1.54, 1.807) is 18.2 Å². The first-order valence-electron chi connectivity index (χ1n) is 9.03. The van der Waals surface area contributed by atoms with Crippen LogP contribution in [-0.2, 0) is 6.18 Å². The molecular formula is C22H12F4N2O3S. The molecule has 0 radical (unpaired) electrons. The zero-order chi connectivity index (χ0) is 23.0. The minimum Gasteiger partial charge on any atom is -0.478 e. The summed E-state index contributed by atoms with van der Waals surface area (Å²) in [5.41, 5.74) is -1.37. The largest absolute Gasteiger partial charge is 0.478 e. The average molecular weight is 460 g/mol. The van der Waals surface area contributed by atoms with Crippen LogP contribution in [0, 0.1) is 5.82 Å². The maximum atomic E-state index is 14.3. The number of carboxylic acids is 1. The molecule has 0 aliphatic heterocycles. The summed E-state index contributed by atoms with van der Waals surface area (Å²) in [4.78, 5) is 27.7. The van der Waals surface area contributed by atoms with E-state index in [9.17, 15) is 27.2 Å². The van der Waals surface area contributed by atoms with Gasteiger partial charge >= 0.3 is 12.1 Å². The molecule has 1 aromatic heterocycles. The average Bonchev–Trinajstić information content (AvgIpc) is 3.20. The number of nitrogens with one attached hydrogen (secondary N) is 1. The Morgan fingerprint density at radius 2 is 1.62 bits per heavy atom. The molecule has 162 valence electrons.